The normalized spacial score (nSPS) is 11.8. The first kappa shape index (κ1) is 17.5. The predicted molar refractivity (Wildman–Crippen MR) is 94.9 cm³/mol. The van der Waals surface area contributed by atoms with Crippen molar-refractivity contribution in [3.8, 4) is 11.5 Å². The van der Waals surface area contributed by atoms with Crippen LogP contribution in [0.25, 0.3) is 0 Å². The molecule has 1 amide bonds. The number of methoxy groups -OCH3 is 1. The molecule has 24 heavy (non-hydrogen) atoms. The van der Waals surface area contributed by atoms with Gasteiger partial charge in [0.2, 0.25) is 0 Å². The molecule has 0 aliphatic heterocycles. The Balaban J connectivity index is 2.20. The summed E-state index contributed by atoms with van der Waals surface area (Å²) in [6.45, 7) is 5.88. The van der Waals surface area contributed by atoms with Crippen LogP contribution < -0.4 is 14.8 Å². The van der Waals surface area contributed by atoms with Gasteiger partial charge in [-0.2, -0.15) is 0 Å². The molecule has 0 atom stereocenters. The number of hydrogen-bond donors (Lipinski definition) is 1. The summed E-state index contributed by atoms with van der Waals surface area (Å²) in [7, 11) is 1.61. The lowest BCUT2D eigenvalue weighted by atomic mass is 10.1. The Morgan fingerprint density at radius 3 is 2.12 bits per heavy atom. The van der Waals surface area contributed by atoms with Crippen LogP contribution in [-0.4, -0.2) is 24.6 Å². The Morgan fingerprint density at radius 1 is 0.958 bits per heavy atom. The van der Waals surface area contributed by atoms with E-state index in [0.29, 0.717) is 11.6 Å². The van der Waals surface area contributed by atoms with Gasteiger partial charge in [-0.05, 0) is 57.2 Å². The summed E-state index contributed by atoms with van der Waals surface area (Å²) < 4.78 is 10.4. The molecule has 2 aromatic rings. The minimum absolute atomic E-state index is 0.352. The first-order valence-corrected chi connectivity index (χ1v) is 7.65. The minimum atomic E-state index is -0.583. The maximum Gasteiger partial charge on any atom is 0.418 e. The molecule has 0 aliphatic carbocycles. The average molecular weight is 326 g/mol. The van der Waals surface area contributed by atoms with Crippen LogP contribution in [0.2, 0.25) is 0 Å². The SMILES string of the molecule is COc1ccc(C(=NC(C)(C)C)NC(=O)Oc2ccccc2)cc1. The van der Waals surface area contributed by atoms with Crippen LogP contribution in [0.15, 0.2) is 59.6 Å². The van der Waals surface area contributed by atoms with E-state index in [-0.39, 0.29) is 5.54 Å². The highest BCUT2D eigenvalue weighted by Crippen LogP contribution is 2.15. The Hall–Kier alpha value is -2.82. The van der Waals surface area contributed by atoms with Crippen LogP contribution in [0, 0.1) is 0 Å². The number of carbonyl (C=O) groups excluding carboxylic acids is 1. The van der Waals surface area contributed by atoms with Gasteiger partial charge in [0.1, 0.15) is 17.3 Å². The standard InChI is InChI=1S/C19H22N2O3/c1-19(2,3)21-17(14-10-12-15(23-4)13-11-14)20-18(22)24-16-8-6-5-7-9-16/h5-13H,1-4H3,(H,20,21,22). The molecule has 0 radical (unpaired) electrons. The third-order valence-corrected chi connectivity index (χ3v) is 2.98. The molecule has 0 fully saturated rings. The number of para-hydroxylation sites is 1. The summed E-state index contributed by atoms with van der Waals surface area (Å²) in [6, 6.07) is 16.2. The highest BCUT2D eigenvalue weighted by Gasteiger charge is 2.15. The van der Waals surface area contributed by atoms with Crippen molar-refractivity contribution < 1.29 is 14.3 Å². The highest BCUT2D eigenvalue weighted by molar-refractivity contribution is 6.07. The van der Waals surface area contributed by atoms with Crippen LogP contribution in [0.1, 0.15) is 26.3 Å². The summed E-state index contributed by atoms with van der Waals surface area (Å²) in [5.41, 5.74) is 0.422. The van der Waals surface area contributed by atoms with Crippen LogP contribution in [-0.2, 0) is 0 Å². The average Bonchev–Trinajstić information content (AvgIpc) is 2.54. The molecule has 1 N–H and O–H groups in total. The zero-order chi connectivity index (χ0) is 17.6. The molecule has 126 valence electrons. The number of nitrogens with one attached hydrogen (secondary N) is 1. The van der Waals surface area contributed by atoms with E-state index in [0.717, 1.165) is 11.3 Å². The van der Waals surface area contributed by atoms with Crippen molar-refractivity contribution in [3.63, 3.8) is 0 Å². The molecule has 5 heteroatoms. The summed E-state index contributed by atoms with van der Waals surface area (Å²) in [5, 5.41) is 2.72. The Morgan fingerprint density at radius 2 is 1.58 bits per heavy atom. The molecule has 2 rings (SSSR count). The lowest BCUT2D eigenvalue weighted by Crippen LogP contribution is -2.35. The van der Waals surface area contributed by atoms with Crippen molar-refractivity contribution in [2.24, 2.45) is 4.99 Å². The Bertz CT molecular complexity index is 702. The molecule has 0 aliphatic rings. The van der Waals surface area contributed by atoms with E-state index in [1.54, 1.807) is 31.4 Å². The van der Waals surface area contributed by atoms with Crippen molar-refractivity contribution >= 4 is 11.9 Å². The first-order chi connectivity index (χ1) is 11.4. The van der Waals surface area contributed by atoms with Crippen molar-refractivity contribution in [3.05, 3.63) is 60.2 Å². The van der Waals surface area contributed by atoms with E-state index in [4.69, 9.17) is 9.47 Å². The Labute approximate surface area is 142 Å². The third kappa shape index (κ3) is 5.43. The van der Waals surface area contributed by atoms with Gasteiger partial charge in [-0.15, -0.1) is 0 Å². The Kier molecular flexibility index (Phi) is 5.58. The summed E-state index contributed by atoms with van der Waals surface area (Å²) in [5.74, 6) is 1.66. The second-order valence-electron chi connectivity index (χ2n) is 6.19. The summed E-state index contributed by atoms with van der Waals surface area (Å²) in [6.07, 6.45) is -0.583. The lowest BCUT2D eigenvalue weighted by Gasteiger charge is -2.17. The van der Waals surface area contributed by atoms with Crippen LogP contribution >= 0.6 is 0 Å². The molecule has 0 saturated heterocycles. The molecular formula is C19H22N2O3. The van der Waals surface area contributed by atoms with Crippen LogP contribution in [0.5, 0.6) is 11.5 Å². The van der Waals surface area contributed by atoms with E-state index >= 15 is 0 Å². The fourth-order valence-electron chi connectivity index (χ4n) is 1.97. The third-order valence-electron chi connectivity index (χ3n) is 2.98. The second kappa shape index (κ2) is 7.64. The molecular weight excluding hydrogens is 304 g/mol. The molecule has 0 unspecified atom stereocenters. The van der Waals surface area contributed by atoms with E-state index in [1.165, 1.54) is 0 Å². The molecule has 5 nitrogen and oxygen atoms in total. The van der Waals surface area contributed by atoms with Gasteiger partial charge in [0, 0.05) is 5.56 Å². The fourth-order valence-corrected chi connectivity index (χ4v) is 1.97. The predicted octanol–water partition coefficient (Wildman–Crippen LogP) is 4.03. The number of benzene rings is 2. The number of aliphatic imine (C=N–C) groups is 1. The molecule has 0 aromatic heterocycles. The monoisotopic (exact) mass is 326 g/mol. The van der Waals surface area contributed by atoms with Gasteiger partial charge < -0.3 is 9.47 Å². The van der Waals surface area contributed by atoms with Gasteiger partial charge in [0.05, 0.1) is 12.6 Å². The number of nitrogens with zero attached hydrogens (tertiary/aromatic N) is 1. The second-order valence-corrected chi connectivity index (χ2v) is 6.19. The van der Waals surface area contributed by atoms with Gasteiger partial charge in [-0.3, -0.25) is 10.3 Å². The zero-order valence-corrected chi connectivity index (χ0v) is 14.4. The van der Waals surface area contributed by atoms with Crippen molar-refractivity contribution in [2.45, 2.75) is 26.3 Å². The van der Waals surface area contributed by atoms with Crippen molar-refractivity contribution in [1.82, 2.24) is 5.32 Å². The zero-order valence-electron chi connectivity index (χ0n) is 14.4. The van der Waals surface area contributed by atoms with Crippen molar-refractivity contribution in [1.29, 1.82) is 0 Å². The largest absolute Gasteiger partial charge is 0.497 e. The van der Waals surface area contributed by atoms with E-state index in [9.17, 15) is 4.79 Å². The maximum atomic E-state index is 12.2. The van der Waals surface area contributed by atoms with Crippen molar-refractivity contribution in [2.75, 3.05) is 7.11 Å². The first-order valence-electron chi connectivity index (χ1n) is 7.65. The number of rotatable bonds is 3. The van der Waals surface area contributed by atoms with Crippen LogP contribution in [0.3, 0.4) is 0 Å². The summed E-state index contributed by atoms with van der Waals surface area (Å²) >= 11 is 0. The smallest absolute Gasteiger partial charge is 0.418 e. The molecule has 2 aromatic carbocycles. The number of ether oxygens (including phenoxy) is 2. The van der Waals surface area contributed by atoms with Gasteiger partial charge in [-0.25, -0.2) is 4.79 Å². The quantitative estimate of drug-likeness (QED) is 0.684. The minimum Gasteiger partial charge on any atom is -0.497 e. The van der Waals surface area contributed by atoms with Gasteiger partial charge in [-0.1, -0.05) is 18.2 Å². The lowest BCUT2D eigenvalue weighted by molar-refractivity contribution is 0.206. The topological polar surface area (TPSA) is 59.9 Å². The number of amidine groups is 1. The van der Waals surface area contributed by atoms with E-state index < -0.39 is 6.09 Å². The molecule has 0 spiro atoms. The number of carbonyl (C=O) groups is 1. The fraction of sp³-hybridized carbons (Fsp3) is 0.263. The van der Waals surface area contributed by atoms with E-state index in [1.807, 2.05) is 51.1 Å². The van der Waals surface area contributed by atoms with Gasteiger partial charge in [0.25, 0.3) is 0 Å². The van der Waals surface area contributed by atoms with Crippen LogP contribution in [0.4, 0.5) is 4.79 Å². The number of amides is 1. The van der Waals surface area contributed by atoms with Gasteiger partial charge in [0.15, 0.2) is 0 Å². The molecule has 0 bridgehead atoms. The summed E-state index contributed by atoms with van der Waals surface area (Å²) in [4.78, 5) is 16.7. The van der Waals surface area contributed by atoms with E-state index in [2.05, 4.69) is 10.3 Å². The molecule has 0 saturated carbocycles. The maximum absolute atomic E-state index is 12.2. The van der Waals surface area contributed by atoms with Gasteiger partial charge >= 0.3 is 6.09 Å². The molecule has 0 heterocycles. The highest BCUT2D eigenvalue weighted by atomic mass is 16.6. The number of hydrogen-bond acceptors (Lipinski definition) is 4.